The van der Waals surface area contributed by atoms with Crippen LogP contribution < -0.4 is 14.9 Å². The molecule has 0 saturated carbocycles. The van der Waals surface area contributed by atoms with Crippen LogP contribution in [0, 0.1) is 11.3 Å². The quantitative estimate of drug-likeness (QED) is 0.562. The number of aromatic nitrogens is 1. The van der Waals surface area contributed by atoms with Gasteiger partial charge in [-0.25, -0.2) is 0 Å². The van der Waals surface area contributed by atoms with E-state index in [1.807, 2.05) is 26.8 Å². The average molecular weight is 403 g/mol. The maximum atomic E-state index is 9.85. The summed E-state index contributed by atoms with van der Waals surface area (Å²) in [7, 11) is -0.941. The molecule has 146 valence electrons. The number of ether oxygens (including phenoxy) is 3. The maximum Gasteiger partial charge on any atom is 0.491 e. The van der Waals surface area contributed by atoms with Crippen LogP contribution in [0.2, 0.25) is 5.02 Å². The fourth-order valence-electron chi connectivity index (χ4n) is 2.78. The fourth-order valence-corrected chi connectivity index (χ4v) is 2.97. The zero-order valence-corrected chi connectivity index (χ0v) is 16.6. The molecule has 0 bridgehead atoms. The van der Waals surface area contributed by atoms with E-state index < -0.39 is 7.12 Å². The Kier molecular flexibility index (Phi) is 6.42. The van der Waals surface area contributed by atoms with E-state index in [2.05, 4.69) is 4.98 Å². The van der Waals surface area contributed by atoms with Gasteiger partial charge in [-0.05, 0) is 50.0 Å². The molecule has 1 N–H and O–H groups in total. The van der Waals surface area contributed by atoms with Crippen LogP contribution in [-0.2, 0) is 9.39 Å². The predicted octanol–water partition coefficient (Wildman–Crippen LogP) is 2.98. The van der Waals surface area contributed by atoms with Crippen molar-refractivity contribution in [1.29, 1.82) is 5.26 Å². The van der Waals surface area contributed by atoms with Gasteiger partial charge in [0.25, 0.3) is 0 Å². The Morgan fingerprint density at radius 2 is 2.11 bits per heavy atom. The first-order valence-corrected chi connectivity index (χ1v) is 9.27. The average Bonchev–Trinajstić information content (AvgIpc) is 2.94. The Bertz CT molecular complexity index is 903. The van der Waals surface area contributed by atoms with Gasteiger partial charge < -0.3 is 23.9 Å². The highest BCUT2D eigenvalue weighted by Gasteiger charge is 2.32. The van der Waals surface area contributed by atoms with Crippen LogP contribution in [0.25, 0.3) is 0 Å². The largest absolute Gasteiger partial charge is 0.491 e. The Labute approximate surface area is 168 Å². The topological polar surface area (TPSA) is 93.8 Å². The lowest BCUT2D eigenvalue weighted by Gasteiger charge is -2.13. The van der Waals surface area contributed by atoms with Gasteiger partial charge in [0.1, 0.15) is 29.0 Å². The van der Waals surface area contributed by atoms with Crippen LogP contribution in [0.4, 0.5) is 0 Å². The summed E-state index contributed by atoms with van der Waals surface area (Å²) in [6.07, 6.45) is -0.168. The highest BCUT2D eigenvalue weighted by atomic mass is 35.5. The lowest BCUT2D eigenvalue weighted by Crippen LogP contribution is -2.27. The minimum Gasteiger partial charge on any atom is -0.474 e. The number of hydrogen-bond acceptors (Lipinski definition) is 7. The van der Waals surface area contributed by atoms with Crippen LogP contribution >= 0.6 is 11.6 Å². The zero-order chi connectivity index (χ0) is 20.3. The van der Waals surface area contributed by atoms with E-state index in [0.717, 1.165) is 5.56 Å². The summed E-state index contributed by atoms with van der Waals surface area (Å²) in [4.78, 5) is 4.25. The first kappa shape index (κ1) is 20.4. The summed E-state index contributed by atoms with van der Waals surface area (Å²) < 4.78 is 22.2. The number of halogens is 1. The van der Waals surface area contributed by atoms with Crippen molar-refractivity contribution in [3.63, 3.8) is 0 Å². The van der Waals surface area contributed by atoms with Gasteiger partial charge in [-0.3, -0.25) is 0 Å². The van der Waals surface area contributed by atoms with Gasteiger partial charge in [0.15, 0.2) is 0 Å². The summed E-state index contributed by atoms with van der Waals surface area (Å²) in [6.45, 7) is 6.31. The molecule has 1 aromatic heterocycles. The molecule has 2 aromatic rings. The summed E-state index contributed by atoms with van der Waals surface area (Å²) in [5, 5.41) is 19.3. The molecular formula is C19H20BClN2O5. The summed E-state index contributed by atoms with van der Waals surface area (Å²) in [6, 6.07) is 8.65. The third-order valence-electron chi connectivity index (χ3n) is 4.11. The van der Waals surface area contributed by atoms with E-state index in [1.54, 1.807) is 18.2 Å². The van der Waals surface area contributed by atoms with Gasteiger partial charge >= 0.3 is 7.12 Å². The van der Waals surface area contributed by atoms with Crippen LogP contribution in [0.1, 0.15) is 38.0 Å². The van der Waals surface area contributed by atoms with E-state index in [9.17, 15) is 10.3 Å². The molecule has 7 nitrogen and oxygen atoms in total. The molecule has 1 unspecified atom stereocenters. The Morgan fingerprint density at radius 1 is 1.32 bits per heavy atom. The Morgan fingerprint density at radius 3 is 2.82 bits per heavy atom. The van der Waals surface area contributed by atoms with Gasteiger partial charge in [-0.15, -0.1) is 0 Å². The Hall–Kier alpha value is -2.31. The standard InChI is InChI=1S/C19H20BClN2O5/c1-11(2)25-6-7-26-18-13(10-22)8-17(21)19(23-18)27-14-4-5-16-15(9-14)12(3)28-20(16)24/h4-5,8-9,11-12,24H,6-7H2,1-3H3. The van der Waals surface area contributed by atoms with Crippen LogP contribution in [0.3, 0.4) is 0 Å². The lowest BCUT2D eigenvalue weighted by molar-refractivity contribution is 0.0541. The van der Waals surface area contributed by atoms with Crippen LogP contribution in [0.15, 0.2) is 24.3 Å². The van der Waals surface area contributed by atoms with Crippen LogP contribution in [-0.4, -0.2) is 36.4 Å². The second-order valence-electron chi connectivity index (χ2n) is 6.53. The van der Waals surface area contributed by atoms with E-state index in [-0.39, 0.29) is 41.2 Å². The number of nitrogens with zero attached hydrogens (tertiary/aromatic N) is 2. The third kappa shape index (κ3) is 4.57. The highest BCUT2D eigenvalue weighted by Crippen LogP contribution is 2.33. The molecule has 0 saturated heterocycles. The van der Waals surface area contributed by atoms with Gasteiger partial charge in [0.2, 0.25) is 11.8 Å². The predicted molar refractivity (Wildman–Crippen MR) is 104 cm³/mol. The summed E-state index contributed by atoms with van der Waals surface area (Å²) >= 11 is 6.22. The first-order valence-electron chi connectivity index (χ1n) is 8.89. The normalized spacial score (nSPS) is 15.5. The number of fused-ring (bicyclic) bond motifs is 1. The van der Waals surface area contributed by atoms with Gasteiger partial charge in [-0.1, -0.05) is 17.7 Å². The van der Waals surface area contributed by atoms with E-state index >= 15 is 0 Å². The van der Waals surface area contributed by atoms with Gasteiger partial charge in [0, 0.05) is 0 Å². The third-order valence-corrected chi connectivity index (χ3v) is 4.38. The molecule has 1 aliphatic heterocycles. The van der Waals surface area contributed by atoms with Crippen molar-refractivity contribution in [2.75, 3.05) is 13.2 Å². The van der Waals surface area contributed by atoms with E-state index in [4.69, 9.17) is 30.5 Å². The molecular weight excluding hydrogens is 382 g/mol. The second-order valence-corrected chi connectivity index (χ2v) is 6.94. The second kappa shape index (κ2) is 8.80. The van der Waals surface area contributed by atoms with Gasteiger partial charge in [0.05, 0.1) is 18.8 Å². The molecule has 0 spiro atoms. The Balaban J connectivity index is 1.79. The molecule has 0 fully saturated rings. The molecule has 28 heavy (non-hydrogen) atoms. The zero-order valence-electron chi connectivity index (χ0n) is 15.8. The minimum atomic E-state index is -0.941. The smallest absolute Gasteiger partial charge is 0.474 e. The number of pyridine rings is 1. The number of rotatable bonds is 7. The molecule has 1 atom stereocenters. The molecule has 2 heterocycles. The molecule has 0 aliphatic carbocycles. The first-order chi connectivity index (χ1) is 13.4. The van der Waals surface area contributed by atoms with Crippen molar-refractivity contribution in [2.24, 2.45) is 0 Å². The number of benzene rings is 1. The number of nitriles is 1. The van der Waals surface area contributed by atoms with Crippen molar-refractivity contribution >= 4 is 24.2 Å². The highest BCUT2D eigenvalue weighted by molar-refractivity contribution is 6.61. The molecule has 3 rings (SSSR count). The minimum absolute atomic E-state index is 0.0841. The van der Waals surface area contributed by atoms with Crippen molar-refractivity contribution in [1.82, 2.24) is 4.98 Å². The van der Waals surface area contributed by atoms with Crippen molar-refractivity contribution < 1.29 is 23.9 Å². The van der Waals surface area contributed by atoms with Crippen molar-refractivity contribution in [2.45, 2.75) is 33.0 Å². The molecule has 1 aromatic carbocycles. The number of hydrogen-bond donors (Lipinski definition) is 1. The van der Waals surface area contributed by atoms with Gasteiger partial charge in [-0.2, -0.15) is 10.2 Å². The molecule has 0 radical (unpaired) electrons. The van der Waals surface area contributed by atoms with Crippen molar-refractivity contribution in [3.8, 4) is 23.6 Å². The molecule has 1 aliphatic rings. The van der Waals surface area contributed by atoms with E-state index in [1.165, 1.54) is 6.07 Å². The lowest BCUT2D eigenvalue weighted by atomic mass is 9.79. The monoisotopic (exact) mass is 402 g/mol. The summed E-state index contributed by atoms with van der Waals surface area (Å²) in [5.41, 5.74) is 1.74. The molecule has 0 amide bonds. The maximum absolute atomic E-state index is 9.85. The SMILES string of the molecule is CC(C)OCCOc1nc(Oc2ccc3c(c2)C(C)OB3O)c(Cl)cc1C#N. The molecule has 9 heteroatoms. The summed E-state index contributed by atoms with van der Waals surface area (Å²) in [5.74, 6) is 0.728. The fraction of sp³-hybridized carbons (Fsp3) is 0.368. The van der Waals surface area contributed by atoms with Crippen LogP contribution in [0.5, 0.6) is 17.5 Å². The van der Waals surface area contributed by atoms with Crippen molar-refractivity contribution in [3.05, 3.63) is 40.4 Å². The van der Waals surface area contributed by atoms with E-state index in [0.29, 0.717) is 17.8 Å².